The van der Waals surface area contributed by atoms with E-state index in [9.17, 15) is 8.78 Å². The maximum atomic E-state index is 14.0. The summed E-state index contributed by atoms with van der Waals surface area (Å²) in [7, 11) is 1.94. The molecule has 12 heteroatoms. The Balaban J connectivity index is 1.23. The zero-order valence-electron chi connectivity index (χ0n) is 19.9. The third-order valence-electron chi connectivity index (χ3n) is 6.13. The number of anilines is 2. The molecule has 188 valence electrons. The molecule has 2 N–H and O–H groups in total. The van der Waals surface area contributed by atoms with Crippen LogP contribution < -0.4 is 20.1 Å². The lowest BCUT2D eigenvalue weighted by Gasteiger charge is -2.18. The fourth-order valence-electron chi connectivity index (χ4n) is 4.16. The first-order valence-corrected chi connectivity index (χ1v) is 11.6. The number of aryl methyl sites for hydroxylation is 2. The number of aromatic nitrogens is 6. The van der Waals surface area contributed by atoms with E-state index in [1.54, 1.807) is 6.33 Å². The molecule has 0 bridgehead atoms. The Hall–Kier alpha value is -4.45. The average molecular weight is 505 g/mol. The Bertz CT molecular complexity index is 1620. The summed E-state index contributed by atoms with van der Waals surface area (Å²) in [6.45, 7) is 1.49. The van der Waals surface area contributed by atoms with Gasteiger partial charge in [0.25, 0.3) is 5.92 Å². The molecule has 0 unspecified atom stereocenters. The molecule has 1 atom stereocenters. The fourth-order valence-corrected chi connectivity index (χ4v) is 4.16. The van der Waals surface area contributed by atoms with Gasteiger partial charge in [0.1, 0.15) is 28.9 Å². The summed E-state index contributed by atoms with van der Waals surface area (Å²) in [6.07, 6.45) is 3.21. The topological polar surface area (TPSA) is 112 Å². The van der Waals surface area contributed by atoms with Gasteiger partial charge in [-0.25, -0.2) is 28.7 Å². The van der Waals surface area contributed by atoms with Gasteiger partial charge in [-0.1, -0.05) is 0 Å². The Labute approximate surface area is 209 Å². The first-order valence-electron chi connectivity index (χ1n) is 11.6. The quantitative estimate of drug-likeness (QED) is 0.352. The number of alkyl halides is 2. The van der Waals surface area contributed by atoms with Crippen molar-refractivity contribution in [2.24, 2.45) is 7.05 Å². The van der Waals surface area contributed by atoms with Gasteiger partial charge in [-0.2, -0.15) is 4.98 Å². The summed E-state index contributed by atoms with van der Waals surface area (Å²) in [4.78, 5) is 21.2. The molecule has 0 saturated carbocycles. The first kappa shape index (κ1) is 23.0. The number of benzene rings is 2. The molecule has 5 aromatic rings. The zero-order chi connectivity index (χ0) is 25.6. The van der Waals surface area contributed by atoms with Crippen molar-refractivity contribution in [1.29, 1.82) is 0 Å². The maximum Gasteiger partial charge on any atom is 0.317 e. The zero-order valence-corrected chi connectivity index (χ0v) is 19.9. The monoisotopic (exact) mass is 504 g/mol. The summed E-state index contributed by atoms with van der Waals surface area (Å²) >= 11 is 0. The van der Waals surface area contributed by atoms with E-state index in [-0.39, 0.29) is 12.6 Å². The molecule has 1 saturated heterocycles. The molecule has 3 aromatic heterocycles. The van der Waals surface area contributed by atoms with Crippen LogP contribution >= 0.6 is 0 Å². The second-order valence-electron chi connectivity index (χ2n) is 8.82. The van der Waals surface area contributed by atoms with Crippen LogP contribution in [-0.4, -0.2) is 54.6 Å². The summed E-state index contributed by atoms with van der Waals surface area (Å²) in [5.74, 6) is -1.24. The standard InChI is InChI=1S/C25H22F2N8O2/c1-14-7-15(3-6-20(14)36-16-4-5-19-17(8-16)32-13-35(19)2)33-23-22-18(30-12-31-23)9-29-24(34-22)37-21-10-28-11-25(21,26)27/h3-9,12-13,21,28H,10-11H2,1-2H3,(H,30,31,33)/t21-/m0/s1. The number of halogens is 2. The van der Waals surface area contributed by atoms with Crippen LogP contribution in [0.25, 0.3) is 22.1 Å². The molecule has 37 heavy (non-hydrogen) atoms. The summed E-state index contributed by atoms with van der Waals surface area (Å²) in [6, 6.07) is 11.2. The van der Waals surface area contributed by atoms with Crippen LogP contribution in [0.3, 0.4) is 0 Å². The molecule has 1 aliphatic rings. The van der Waals surface area contributed by atoms with Crippen molar-refractivity contribution >= 4 is 33.6 Å². The van der Waals surface area contributed by atoms with Gasteiger partial charge in [-0.3, -0.25) is 0 Å². The number of ether oxygens (including phenoxy) is 2. The molecule has 0 amide bonds. The number of nitrogens with zero attached hydrogens (tertiary/aromatic N) is 6. The van der Waals surface area contributed by atoms with Gasteiger partial charge in [0, 0.05) is 25.3 Å². The van der Waals surface area contributed by atoms with Crippen molar-refractivity contribution in [2.75, 3.05) is 18.4 Å². The number of imidazole rings is 1. The average Bonchev–Trinajstić information content (AvgIpc) is 3.41. The second kappa shape index (κ2) is 8.89. The minimum absolute atomic E-state index is 0.00814. The first-order chi connectivity index (χ1) is 17.9. The van der Waals surface area contributed by atoms with Crippen LogP contribution in [0.5, 0.6) is 17.5 Å². The van der Waals surface area contributed by atoms with Gasteiger partial charge in [-0.05, 0) is 42.8 Å². The highest BCUT2D eigenvalue weighted by molar-refractivity contribution is 5.86. The number of nitrogens with one attached hydrogen (secondary N) is 2. The van der Waals surface area contributed by atoms with Crippen LogP contribution in [0.1, 0.15) is 5.56 Å². The number of hydrogen-bond donors (Lipinski definition) is 2. The smallest absolute Gasteiger partial charge is 0.317 e. The van der Waals surface area contributed by atoms with E-state index in [2.05, 4.69) is 35.6 Å². The van der Waals surface area contributed by atoms with Crippen LogP contribution in [0.4, 0.5) is 20.3 Å². The SMILES string of the molecule is Cc1cc(Nc2ncnc3cnc(O[C@H]4CNCC4(F)F)nc23)ccc1Oc1ccc2c(c1)ncn2C. The normalized spacial score (nSPS) is 16.8. The van der Waals surface area contributed by atoms with Gasteiger partial charge in [-0.15, -0.1) is 0 Å². The Kier molecular flexibility index (Phi) is 5.52. The highest BCUT2D eigenvalue weighted by Crippen LogP contribution is 2.31. The van der Waals surface area contributed by atoms with E-state index in [1.807, 2.05) is 54.9 Å². The molecule has 0 aliphatic carbocycles. The molecular weight excluding hydrogens is 482 g/mol. The lowest BCUT2D eigenvalue weighted by Crippen LogP contribution is -2.36. The van der Waals surface area contributed by atoms with Crippen LogP contribution in [0, 0.1) is 6.92 Å². The van der Waals surface area contributed by atoms with E-state index in [1.165, 1.54) is 12.5 Å². The minimum Gasteiger partial charge on any atom is -0.457 e. The Morgan fingerprint density at radius 2 is 1.97 bits per heavy atom. The Morgan fingerprint density at radius 3 is 2.78 bits per heavy atom. The molecule has 0 radical (unpaired) electrons. The number of rotatable bonds is 6. The van der Waals surface area contributed by atoms with E-state index in [0.29, 0.717) is 28.4 Å². The maximum absolute atomic E-state index is 14.0. The van der Waals surface area contributed by atoms with Gasteiger partial charge >= 0.3 is 6.01 Å². The van der Waals surface area contributed by atoms with Gasteiger partial charge in [0.2, 0.25) is 0 Å². The molecule has 2 aromatic carbocycles. The summed E-state index contributed by atoms with van der Waals surface area (Å²) in [5.41, 5.74) is 4.29. The van der Waals surface area contributed by atoms with E-state index in [0.717, 1.165) is 22.3 Å². The van der Waals surface area contributed by atoms with Gasteiger partial charge in [0.05, 0.1) is 30.1 Å². The largest absolute Gasteiger partial charge is 0.457 e. The second-order valence-corrected chi connectivity index (χ2v) is 8.82. The molecule has 1 fully saturated rings. The summed E-state index contributed by atoms with van der Waals surface area (Å²) < 4.78 is 41.3. The number of hydrogen-bond acceptors (Lipinski definition) is 9. The molecule has 0 spiro atoms. The Morgan fingerprint density at radius 1 is 1.08 bits per heavy atom. The third kappa shape index (κ3) is 4.47. The van der Waals surface area contributed by atoms with Gasteiger partial charge in [0.15, 0.2) is 11.9 Å². The van der Waals surface area contributed by atoms with E-state index in [4.69, 9.17) is 9.47 Å². The van der Waals surface area contributed by atoms with Crippen molar-refractivity contribution in [3.63, 3.8) is 0 Å². The summed E-state index contributed by atoms with van der Waals surface area (Å²) in [5, 5.41) is 5.83. The fraction of sp³-hybridized carbons (Fsp3) is 0.240. The molecule has 6 rings (SSSR count). The van der Waals surface area contributed by atoms with Crippen LogP contribution in [0.15, 0.2) is 55.2 Å². The molecular formula is C25H22F2N8O2. The predicted molar refractivity (Wildman–Crippen MR) is 133 cm³/mol. The van der Waals surface area contributed by atoms with Crippen molar-refractivity contribution in [3.05, 3.63) is 60.8 Å². The predicted octanol–water partition coefficient (Wildman–Crippen LogP) is 4.14. The van der Waals surface area contributed by atoms with E-state index >= 15 is 0 Å². The van der Waals surface area contributed by atoms with Crippen LogP contribution in [-0.2, 0) is 7.05 Å². The highest BCUT2D eigenvalue weighted by atomic mass is 19.3. The van der Waals surface area contributed by atoms with Crippen molar-refractivity contribution in [2.45, 2.75) is 19.0 Å². The van der Waals surface area contributed by atoms with E-state index < -0.39 is 18.6 Å². The lowest BCUT2D eigenvalue weighted by atomic mass is 10.2. The number of fused-ring (bicyclic) bond motifs is 2. The van der Waals surface area contributed by atoms with Gasteiger partial charge < -0.3 is 24.7 Å². The van der Waals surface area contributed by atoms with Crippen molar-refractivity contribution in [3.8, 4) is 17.5 Å². The lowest BCUT2D eigenvalue weighted by molar-refractivity contribution is -0.0627. The third-order valence-corrected chi connectivity index (χ3v) is 6.13. The highest BCUT2D eigenvalue weighted by Gasteiger charge is 2.46. The van der Waals surface area contributed by atoms with Crippen molar-refractivity contribution in [1.82, 2.24) is 34.8 Å². The van der Waals surface area contributed by atoms with Crippen molar-refractivity contribution < 1.29 is 18.3 Å². The molecule has 1 aliphatic heterocycles. The minimum atomic E-state index is -3.00. The van der Waals surface area contributed by atoms with Crippen LogP contribution in [0.2, 0.25) is 0 Å². The molecule has 10 nitrogen and oxygen atoms in total. The molecule has 4 heterocycles.